The topological polar surface area (TPSA) is 98.2 Å². The Morgan fingerprint density at radius 1 is 1.43 bits per heavy atom. The van der Waals surface area contributed by atoms with Crippen molar-refractivity contribution in [3.63, 3.8) is 0 Å². The Bertz CT molecular complexity index is 692. The zero-order chi connectivity index (χ0) is 15.6. The normalized spacial score (nSPS) is 10.4. The van der Waals surface area contributed by atoms with Gasteiger partial charge in [-0.25, -0.2) is 9.37 Å². The Kier molecular flexibility index (Phi) is 3.97. The summed E-state index contributed by atoms with van der Waals surface area (Å²) < 4.78 is 13.2. The van der Waals surface area contributed by atoms with Gasteiger partial charge in [-0.3, -0.25) is 10.1 Å². The number of nitro groups is 1. The van der Waals surface area contributed by atoms with Crippen LogP contribution >= 0.6 is 0 Å². The van der Waals surface area contributed by atoms with Gasteiger partial charge >= 0.3 is 5.69 Å². The zero-order valence-electron chi connectivity index (χ0n) is 11.6. The average Bonchev–Trinajstić information content (AvgIpc) is 2.37. The Labute approximate surface area is 120 Å². The molecule has 7 nitrogen and oxygen atoms in total. The average molecular weight is 291 g/mol. The third-order valence-corrected chi connectivity index (χ3v) is 2.91. The van der Waals surface area contributed by atoms with Crippen molar-refractivity contribution in [2.75, 3.05) is 17.7 Å². The van der Waals surface area contributed by atoms with E-state index in [1.54, 1.807) is 19.2 Å². The van der Waals surface area contributed by atoms with Crippen LogP contribution in [-0.4, -0.2) is 21.9 Å². The summed E-state index contributed by atoms with van der Waals surface area (Å²) in [6, 6.07) is 5.99. The van der Waals surface area contributed by atoms with Gasteiger partial charge in [0.15, 0.2) is 0 Å². The second kappa shape index (κ2) is 5.70. The van der Waals surface area contributed by atoms with Crippen molar-refractivity contribution in [2.24, 2.45) is 0 Å². The van der Waals surface area contributed by atoms with Crippen LogP contribution < -0.4 is 10.6 Å². The van der Waals surface area contributed by atoms with Crippen molar-refractivity contribution >= 4 is 17.5 Å². The fourth-order valence-corrected chi connectivity index (χ4v) is 2.04. The number of anilines is 2. The van der Waals surface area contributed by atoms with Gasteiger partial charge in [-0.1, -0.05) is 12.1 Å². The third kappa shape index (κ3) is 3.22. The van der Waals surface area contributed by atoms with Crippen molar-refractivity contribution in [2.45, 2.75) is 13.5 Å². The van der Waals surface area contributed by atoms with Gasteiger partial charge in [0.05, 0.1) is 4.92 Å². The summed E-state index contributed by atoms with van der Waals surface area (Å²) >= 11 is 0. The molecule has 0 atom stereocenters. The van der Waals surface area contributed by atoms with Crippen LogP contribution in [0.1, 0.15) is 11.3 Å². The van der Waals surface area contributed by atoms with E-state index >= 15 is 0 Å². The first-order valence-electron chi connectivity index (χ1n) is 6.12. The van der Waals surface area contributed by atoms with Crippen molar-refractivity contribution in [3.8, 4) is 0 Å². The predicted molar refractivity (Wildman–Crippen MR) is 76.3 cm³/mol. The Morgan fingerprint density at radius 2 is 2.14 bits per heavy atom. The van der Waals surface area contributed by atoms with E-state index in [9.17, 15) is 14.5 Å². The summed E-state index contributed by atoms with van der Waals surface area (Å²) in [5.41, 5.74) is 6.20. The van der Waals surface area contributed by atoms with Crippen molar-refractivity contribution in [1.82, 2.24) is 9.97 Å². The van der Waals surface area contributed by atoms with E-state index in [2.05, 4.69) is 9.97 Å². The molecule has 0 radical (unpaired) electrons. The van der Waals surface area contributed by atoms with Crippen LogP contribution in [0, 0.1) is 22.9 Å². The molecule has 0 bridgehead atoms. The lowest BCUT2D eigenvalue weighted by Crippen LogP contribution is -2.21. The molecule has 1 aromatic heterocycles. The molecule has 0 amide bonds. The predicted octanol–water partition coefficient (Wildman–Crippen LogP) is 2.05. The minimum Gasteiger partial charge on any atom is -0.368 e. The van der Waals surface area contributed by atoms with Crippen LogP contribution in [-0.2, 0) is 6.54 Å². The lowest BCUT2D eigenvalue weighted by molar-refractivity contribution is -0.385. The van der Waals surface area contributed by atoms with Crippen LogP contribution in [0.15, 0.2) is 24.3 Å². The largest absolute Gasteiger partial charge is 0.368 e. The standard InChI is InChI=1S/C13H14FN5O2/c1-8-11(19(20)21)12(17-13(15)16-8)18(2)7-9-4-3-5-10(14)6-9/h3-6H,7H2,1-2H3,(H2,15,16,17). The van der Waals surface area contributed by atoms with Crippen molar-refractivity contribution in [3.05, 3.63) is 51.5 Å². The van der Waals surface area contributed by atoms with E-state index in [0.29, 0.717) is 5.56 Å². The molecule has 0 unspecified atom stereocenters. The quantitative estimate of drug-likeness (QED) is 0.683. The SMILES string of the molecule is Cc1nc(N)nc(N(C)Cc2cccc(F)c2)c1[N+](=O)[O-]. The Morgan fingerprint density at radius 3 is 2.76 bits per heavy atom. The highest BCUT2D eigenvalue weighted by molar-refractivity contribution is 5.61. The molecule has 110 valence electrons. The van der Waals surface area contributed by atoms with Gasteiger partial charge in [0.1, 0.15) is 11.5 Å². The van der Waals surface area contributed by atoms with Gasteiger partial charge < -0.3 is 10.6 Å². The number of aryl methyl sites for hydroxylation is 1. The number of rotatable bonds is 4. The van der Waals surface area contributed by atoms with E-state index < -0.39 is 4.92 Å². The first-order valence-corrected chi connectivity index (χ1v) is 6.12. The summed E-state index contributed by atoms with van der Waals surface area (Å²) in [6.45, 7) is 1.75. The number of nitrogens with zero attached hydrogens (tertiary/aromatic N) is 4. The maximum Gasteiger partial charge on any atom is 0.332 e. The Balaban J connectivity index is 2.39. The molecule has 0 saturated carbocycles. The molecule has 8 heteroatoms. The molecule has 1 heterocycles. The summed E-state index contributed by atoms with van der Waals surface area (Å²) in [7, 11) is 1.62. The van der Waals surface area contributed by atoms with E-state index in [1.807, 2.05) is 0 Å². The van der Waals surface area contributed by atoms with Gasteiger partial charge in [-0.05, 0) is 24.6 Å². The highest BCUT2D eigenvalue weighted by atomic mass is 19.1. The number of benzene rings is 1. The molecular weight excluding hydrogens is 277 g/mol. The first-order chi connectivity index (χ1) is 9.88. The van der Waals surface area contributed by atoms with E-state index in [0.717, 1.165) is 0 Å². The van der Waals surface area contributed by atoms with Crippen molar-refractivity contribution in [1.29, 1.82) is 0 Å². The molecule has 2 N–H and O–H groups in total. The number of nitrogen functional groups attached to an aromatic ring is 1. The molecule has 0 aliphatic heterocycles. The summed E-state index contributed by atoms with van der Waals surface area (Å²) in [6.07, 6.45) is 0. The van der Waals surface area contributed by atoms with E-state index in [4.69, 9.17) is 5.73 Å². The van der Waals surface area contributed by atoms with E-state index in [-0.39, 0.29) is 35.5 Å². The fourth-order valence-electron chi connectivity index (χ4n) is 2.04. The molecule has 0 spiro atoms. The first kappa shape index (κ1) is 14.6. The zero-order valence-corrected chi connectivity index (χ0v) is 11.6. The van der Waals surface area contributed by atoms with Crippen molar-refractivity contribution < 1.29 is 9.31 Å². The highest BCUT2D eigenvalue weighted by Gasteiger charge is 2.24. The van der Waals surface area contributed by atoms with Crippen LogP contribution in [0.4, 0.5) is 21.8 Å². The Hall–Kier alpha value is -2.77. The van der Waals surface area contributed by atoms with Gasteiger partial charge in [0.2, 0.25) is 11.8 Å². The lowest BCUT2D eigenvalue weighted by atomic mass is 10.2. The van der Waals surface area contributed by atoms with Gasteiger partial charge in [-0.2, -0.15) is 4.98 Å². The molecule has 21 heavy (non-hydrogen) atoms. The lowest BCUT2D eigenvalue weighted by Gasteiger charge is -2.18. The smallest absolute Gasteiger partial charge is 0.332 e. The number of halogens is 1. The molecule has 0 saturated heterocycles. The van der Waals surface area contributed by atoms with Gasteiger partial charge in [0, 0.05) is 13.6 Å². The number of aromatic nitrogens is 2. The molecule has 1 aromatic carbocycles. The molecular formula is C13H14FN5O2. The third-order valence-electron chi connectivity index (χ3n) is 2.91. The highest BCUT2D eigenvalue weighted by Crippen LogP contribution is 2.29. The second-order valence-electron chi connectivity index (χ2n) is 4.58. The minimum atomic E-state index is -0.549. The molecule has 0 aliphatic carbocycles. The van der Waals surface area contributed by atoms with Gasteiger partial charge in [-0.15, -0.1) is 0 Å². The van der Waals surface area contributed by atoms with Crippen LogP contribution in [0.5, 0.6) is 0 Å². The maximum atomic E-state index is 13.2. The fraction of sp³-hybridized carbons (Fsp3) is 0.231. The monoisotopic (exact) mass is 291 g/mol. The summed E-state index contributed by atoms with van der Waals surface area (Å²) in [5, 5.41) is 11.2. The molecule has 2 rings (SSSR count). The second-order valence-corrected chi connectivity index (χ2v) is 4.58. The molecule has 0 fully saturated rings. The summed E-state index contributed by atoms with van der Waals surface area (Å²) in [4.78, 5) is 19.9. The maximum absolute atomic E-state index is 13.2. The van der Waals surface area contributed by atoms with Crippen LogP contribution in [0.25, 0.3) is 0 Å². The number of hydrogen-bond acceptors (Lipinski definition) is 6. The van der Waals surface area contributed by atoms with Crippen LogP contribution in [0.3, 0.4) is 0 Å². The summed E-state index contributed by atoms with van der Waals surface area (Å²) in [5.74, 6) is -0.303. The number of hydrogen-bond donors (Lipinski definition) is 1. The van der Waals surface area contributed by atoms with Crippen LogP contribution in [0.2, 0.25) is 0 Å². The van der Waals surface area contributed by atoms with Gasteiger partial charge in [0.25, 0.3) is 0 Å². The molecule has 0 aliphatic rings. The van der Waals surface area contributed by atoms with E-state index in [1.165, 1.54) is 24.0 Å². The minimum absolute atomic E-state index is 0.0424. The molecule has 2 aromatic rings. The number of nitrogens with two attached hydrogens (primary N) is 1.